The number of sulfonamides is 1. The maximum Gasteiger partial charge on any atom is 0.246 e. The highest BCUT2D eigenvalue weighted by Gasteiger charge is 2.27. The number of aromatic nitrogens is 1. The molecular weight excluding hydrogens is 342 g/mol. The lowest BCUT2D eigenvalue weighted by Crippen LogP contribution is -2.34. The fourth-order valence-electron chi connectivity index (χ4n) is 2.82. The number of nitrogens with one attached hydrogen (secondary N) is 1. The second-order valence-corrected chi connectivity index (χ2v) is 7.87. The molecule has 25 heavy (non-hydrogen) atoms. The van der Waals surface area contributed by atoms with Crippen molar-refractivity contribution >= 4 is 21.0 Å². The highest BCUT2D eigenvalue weighted by molar-refractivity contribution is 7.89. The third kappa shape index (κ3) is 3.46. The van der Waals surface area contributed by atoms with E-state index in [1.807, 2.05) is 49.3 Å². The van der Waals surface area contributed by atoms with Gasteiger partial charge in [0, 0.05) is 11.9 Å². The number of para-hydroxylation sites is 1. The first-order valence-electron chi connectivity index (χ1n) is 7.87. The Morgan fingerprint density at radius 2 is 1.96 bits per heavy atom. The van der Waals surface area contributed by atoms with Crippen LogP contribution in [-0.4, -0.2) is 39.1 Å². The van der Waals surface area contributed by atoms with Gasteiger partial charge < -0.3 is 8.94 Å². The lowest BCUT2D eigenvalue weighted by atomic mass is 10.2. The molecule has 134 valence electrons. The normalized spacial score (nSPS) is 13.6. The van der Waals surface area contributed by atoms with Gasteiger partial charge in [-0.1, -0.05) is 23.4 Å². The van der Waals surface area contributed by atoms with Gasteiger partial charge in [0.15, 0.2) is 5.76 Å². The minimum Gasteiger partial charge on any atom is -0.459 e. The van der Waals surface area contributed by atoms with Crippen molar-refractivity contribution in [2.75, 3.05) is 20.6 Å². The fourth-order valence-corrected chi connectivity index (χ4v) is 4.19. The van der Waals surface area contributed by atoms with Gasteiger partial charge in [0.1, 0.15) is 21.9 Å². The van der Waals surface area contributed by atoms with E-state index in [1.165, 1.54) is 0 Å². The van der Waals surface area contributed by atoms with E-state index in [2.05, 4.69) is 9.88 Å². The number of benzene rings is 1. The van der Waals surface area contributed by atoms with Gasteiger partial charge in [-0.05, 0) is 40.1 Å². The van der Waals surface area contributed by atoms with Gasteiger partial charge in [-0.2, -0.15) is 0 Å². The number of likely N-dealkylation sites (N-methyl/N-ethyl adjacent to an activating group) is 1. The molecule has 2 aromatic heterocycles. The third-order valence-corrected chi connectivity index (χ3v) is 5.77. The number of hydrogen-bond donors (Lipinski definition) is 1. The number of aryl methyl sites for hydroxylation is 2. The zero-order valence-electron chi connectivity index (χ0n) is 14.6. The van der Waals surface area contributed by atoms with E-state index in [4.69, 9.17) is 8.94 Å². The summed E-state index contributed by atoms with van der Waals surface area (Å²) in [5.41, 5.74) is 1.12. The van der Waals surface area contributed by atoms with Crippen LogP contribution < -0.4 is 4.72 Å². The topological polar surface area (TPSA) is 88.6 Å². The van der Waals surface area contributed by atoms with Gasteiger partial charge in [-0.15, -0.1) is 0 Å². The van der Waals surface area contributed by atoms with Crippen LogP contribution in [0.5, 0.6) is 0 Å². The zero-order valence-corrected chi connectivity index (χ0v) is 15.4. The Labute approximate surface area is 146 Å². The van der Waals surface area contributed by atoms with Gasteiger partial charge in [-0.3, -0.25) is 4.90 Å². The molecule has 0 aliphatic rings. The van der Waals surface area contributed by atoms with Gasteiger partial charge in [0.05, 0.1) is 6.04 Å². The van der Waals surface area contributed by atoms with E-state index in [-0.39, 0.29) is 23.2 Å². The quantitative estimate of drug-likeness (QED) is 0.724. The van der Waals surface area contributed by atoms with E-state index < -0.39 is 10.0 Å². The Morgan fingerprint density at radius 3 is 2.56 bits per heavy atom. The summed E-state index contributed by atoms with van der Waals surface area (Å²) < 4.78 is 38.7. The lowest BCUT2D eigenvalue weighted by molar-refractivity contribution is 0.264. The molecule has 0 saturated carbocycles. The molecule has 8 heteroatoms. The molecule has 2 heterocycles. The summed E-state index contributed by atoms with van der Waals surface area (Å²) >= 11 is 0. The molecule has 1 N–H and O–H groups in total. The highest BCUT2D eigenvalue weighted by atomic mass is 32.2. The predicted octanol–water partition coefficient (Wildman–Crippen LogP) is 2.62. The monoisotopic (exact) mass is 363 g/mol. The average molecular weight is 363 g/mol. The number of furan rings is 1. The first-order valence-corrected chi connectivity index (χ1v) is 9.35. The first-order chi connectivity index (χ1) is 11.8. The molecule has 0 saturated heterocycles. The van der Waals surface area contributed by atoms with Crippen molar-refractivity contribution in [3.8, 4) is 0 Å². The maximum absolute atomic E-state index is 12.6. The van der Waals surface area contributed by atoms with Gasteiger partial charge in [0.25, 0.3) is 0 Å². The Balaban J connectivity index is 1.85. The fraction of sp³-hybridized carbons (Fsp3) is 0.353. The molecule has 0 fully saturated rings. The second kappa shape index (κ2) is 6.62. The lowest BCUT2D eigenvalue weighted by Gasteiger charge is -2.22. The largest absolute Gasteiger partial charge is 0.459 e. The number of rotatable bonds is 6. The molecule has 0 bridgehead atoms. The highest BCUT2D eigenvalue weighted by Crippen LogP contribution is 2.27. The predicted molar refractivity (Wildman–Crippen MR) is 93.8 cm³/mol. The average Bonchev–Trinajstić information content (AvgIpc) is 3.10. The van der Waals surface area contributed by atoms with Crippen LogP contribution >= 0.6 is 0 Å². The van der Waals surface area contributed by atoms with Crippen LogP contribution in [0.4, 0.5) is 0 Å². The number of nitrogens with zero attached hydrogens (tertiary/aromatic N) is 2. The first kappa shape index (κ1) is 17.7. The van der Waals surface area contributed by atoms with Crippen LogP contribution in [0.15, 0.2) is 44.2 Å². The SMILES string of the molecule is Cc1noc(C)c1S(=O)(=O)NCC(c1cc2ccccc2o1)N(C)C. The minimum absolute atomic E-state index is 0.0922. The summed E-state index contributed by atoms with van der Waals surface area (Å²) in [7, 11) is 0.0346. The van der Waals surface area contributed by atoms with Crippen LogP contribution in [0.2, 0.25) is 0 Å². The van der Waals surface area contributed by atoms with Crippen molar-refractivity contribution in [1.29, 1.82) is 0 Å². The van der Waals surface area contributed by atoms with Crippen molar-refractivity contribution in [1.82, 2.24) is 14.8 Å². The van der Waals surface area contributed by atoms with E-state index in [0.717, 1.165) is 11.0 Å². The summed E-state index contributed by atoms with van der Waals surface area (Å²) in [5.74, 6) is 0.975. The molecule has 0 amide bonds. The standard InChI is InChI=1S/C17H21N3O4S/c1-11-17(12(2)24-19-11)25(21,22)18-10-14(20(3)4)16-9-13-7-5-6-8-15(13)23-16/h5-9,14,18H,10H2,1-4H3. The zero-order chi connectivity index (χ0) is 18.2. The van der Waals surface area contributed by atoms with E-state index >= 15 is 0 Å². The molecule has 1 aromatic carbocycles. The molecule has 1 atom stereocenters. The summed E-state index contributed by atoms with van der Waals surface area (Å²) in [6, 6.07) is 9.38. The van der Waals surface area contributed by atoms with Crippen molar-refractivity contribution < 1.29 is 17.4 Å². The molecule has 0 spiro atoms. The summed E-state index contributed by atoms with van der Waals surface area (Å²) in [6.07, 6.45) is 0. The molecule has 1 unspecified atom stereocenters. The molecule has 0 aliphatic heterocycles. The van der Waals surface area contributed by atoms with Crippen molar-refractivity contribution in [2.45, 2.75) is 24.8 Å². The maximum atomic E-state index is 12.6. The van der Waals surface area contributed by atoms with Gasteiger partial charge >= 0.3 is 0 Å². The van der Waals surface area contributed by atoms with Crippen LogP contribution in [-0.2, 0) is 10.0 Å². The van der Waals surface area contributed by atoms with E-state index in [0.29, 0.717) is 11.5 Å². The molecular formula is C17H21N3O4S. The third-order valence-electron chi connectivity index (χ3n) is 4.10. The van der Waals surface area contributed by atoms with Crippen LogP contribution in [0.1, 0.15) is 23.3 Å². The van der Waals surface area contributed by atoms with E-state index in [1.54, 1.807) is 13.8 Å². The van der Waals surface area contributed by atoms with E-state index in [9.17, 15) is 8.42 Å². The summed E-state index contributed by atoms with van der Waals surface area (Å²) in [4.78, 5) is 2.00. The molecule has 3 rings (SSSR count). The smallest absolute Gasteiger partial charge is 0.246 e. The van der Waals surface area contributed by atoms with Crippen molar-refractivity contribution in [3.05, 3.63) is 47.5 Å². The van der Waals surface area contributed by atoms with Crippen LogP contribution in [0.3, 0.4) is 0 Å². The Bertz CT molecular complexity index is 936. The number of hydrogen-bond acceptors (Lipinski definition) is 6. The second-order valence-electron chi connectivity index (χ2n) is 6.17. The summed E-state index contributed by atoms with van der Waals surface area (Å²) in [6.45, 7) is 3.35. The van der Waals surface area contributed by atoms with Crippen molar-refractivity contribution in [2.24, 2.45) is 0 Å². The molecule has 0 aliphatic carbocycles. The molecule has 7 nitrogen and oxygen atoms in total. The Kier molecular flexibility index (Phi) is 4.68. The summed E-state index contributed by atoms with van der Waals surface area (Å²) in [5, 5.41) is 4.69. The van der Waals surface area contributed by atoms with Crippen LogP contribution in [0.25, 0.3) is 11.0 Å². The van der Waals surface area contributed by atoms with Crippen molar-refractivity contribution in [3.63, 3.8) is 0 Å². The molecule has 3 aromatic rings. The Hall–Kier alpha value is -2.16. The molecule has 0 radical (unpaired) electrons. The van der Waals surface area contributed by atoms with Crippen LogP contribution in [0, 0.1) is 13.8 Å². The van der Waals surface area contributed by atoms with Gasteiger partial charge in [0.2, 0.25) is 10.0 Å². The Morgan fingerprint density at radius 1 is 1.24 bits per heavy atom. The minimum atomic E-state index is -3.72. The number of fused-ring (bicyclic) bond motifs is 1. The van der Waals surface area contributed by atoms with Gasteiger partial charge in [-0.25, -0.2) is 13.1 Å².